The highest BCUT2D eigenvalue weighted by atomic mass is 35.5. The van der Waals surface area contributed by atoms with Crippen LogP contribution in [0.3, 0.4) is 0 Å². The molecule has 9 heteroatoms. The maximum atomic E-state index is 13.9. The number of hydrogen-bond donors (Lipinski definition) is 0. The minimum atomic E-state index is -0.491. The van der Waals surface area contributed by atoms with E-state index in [1.165, 1.54) is 23.5 Å². The van der Waals surface area contributed by atoms with Crippen LogP contribution in [0.15, 0.2) is 30.6 Å². The van der Waals surface area contributed by atoms with Crippen LogP contribution in [0.5, 0.6) is 0 Å². The van der Waals surface area contributed by atoms with Crippen molar-refractivity contribution in [2.24, 2.45) is 5.92 Å². The number of benzene rings is 1. The molecule has 3 heterocycles. The highest BCUT2D eigenvalue weighted by Crippen LogP contribution is 2.34. The van der Waals surface area contributed by atoms with Crippen LogP contribution in [0.4, 0.5) is 10.2 Å². The Morgan fingerprint density at radius 2 is 2.00 bits per heavy atom. The third-order valence-corrected chi connectivity index (χ3v) is 5.55. The monoisotopic (exact) mass is 415 g/mol. The lowest BCUT2D eigenvalue weighted by molar-refractivity contribution is -0.182. The zero-order valence-electron chi connectivity index (χ0n) is 15.6. The topological polar surface area (TPSA) is 82.4 Å². The normalized spacial score (nSPS) is 20.0. The van der Waals surface area contributed by atoms with Gasteiger partial charge in [0.2, 0.25) is 5.91 Å². The molecule has 150 valence electrons. The van der Waals surface area contributed by atoms with Gasteiger partial charge in [-0.15, -0.1) is 0 Å². The summed E-state index contributed by atoms with van der Waals surface area (Å²) in [6, 6.07) is 7.44. The minimum Gasteiger partial charge on any atom is -0.356 e. The molecule has 0 radical (unpaired) electrons. The van der Waals surface area contributed by atoms with E-state index >= 15 is 0 Å². The Labute approximate surface area is 172 Å². The van der Waals surface area contributed by atoms with Crippen molar-refractivity contribution in [1.29, 1.82) is 5.26 Å². The van der Waals surface area contributed by atoms with Crippen molar-refractivity contribution in [3.63, 3.8) is 0 Å². The van der Waals surface area contributed by atoms with Gasteiger partial charge in [0.1, 0.15) is 23.1 Å². The van der Waals surface area contributed by atoms with Crippen LogP contribution in [0.25, 0.3) is 0 Å². The van der Waals surface area contributed by atoms with E-state index in [1.807, 2.05) is 6.07 Å². The first-order chi connectivity index (χ1) is 14.0. The maximum Gasteiger partial charge on any atom is 0.249 e. The highest BCUT2D eigenvalue weighted by Gasteiger charge is 2.37. The van der Waals surface area contributed by atoms with Gasteiger partial charge in [-0.25, -0.2) is 19.4 Å². The van der Waals surface area contributed by atoms with Crippen molar-refractivity contribution >= 4 is 23.3 Å². The maximum absolute atomic E-state index is 13.9. The highest BCUT2D eigenvalue weighted by molar-refractivity contribution is 6.29. The number of rotatable bonds is 3. The van der Waals surface area contributed by atoms with Crippen LogP contribution in [0.1, 0.15) is 36.4 Å². The van der Waals surface area contributed by atoms with Crippen molar-refractivity contribution in [3.8, 4) is 6.07 Å². The fourth-order valence-corrected chi connectivity index (χ4v) is 4.03. The Balaban J connectivity index is 1.44. The molecule has 4 rings (SSSR count). The molecular formula is C20H19ClFN5O2. The summed E-state index contributed by atoms with van der Waals surface area (Å²) in [6.45, 7) is 1.72. The van der Waals surface area contributed by atoms with Gasteiger partial charge in [-0.1, -0.05) is 11.6 Å². The van der Waals surface area contributed by atoms with Crippen LogP contribution in [-0.2, 0) is 9.63 Å². The van der Waals surface area contributed by atoms with E-state index in [0.29, 0.717) is 49.7 Å². The van der Waals surface area contributed by atoms with Crippen LogP contribution in [0, 0.1) is 23.1 Å². The van der Waals surface area contributed by atoms with Crippen molar-refractivity contribution < 1.29 is 14.0 Å². The third-order valence-electron chi connectivity index (χ3n) is 5.34. The lowest BCUT2D eigenvalue weighted by Crippen LogP contribution is -2.42. The number of hydrogen-bond acceptors (Lipinski definition) is 6. The predicted octanol–water partition coefficient (Wildman–Crippen LogP) is 3.26. The van der Waals surface area contributed by atoms with Crippen molar-refractivity contribution in [1.82, 2.24) is 15.0 Å². The van der Waals surface area contributed by atoms with E-state index < -0.39 is 5.82 Å². The lowest BCUT2D eigenvalue weighted by atomic mass is 9.94. The molecule has 2 aromatic rings. The summed E-state index contributed by atoms with van der Waals surface area (Å²) in [5.74, 6) is -0.0334. The molecule has 1 aromatic carbocycles. The Hall–Kier alpha value is -2.76. The number of amides is 1. The number of carbonyl (C=O) groups is 1. The van der Waals surface area contributed by atoms with Gasteiger partial charge in [0.05, 0.1) is 24.3 Å². The minimum absolute atomic E-state index is 0.101. The molecule has 2 saturated heterocycles. The van der Waals surface area contributed by atoms with Crippen LogP contribution in [-0.4, -0.2) is 40.6 Å². The average Bonchev–Trinajstić information content (AvgIpc) is 3.23. The van der Waals surface area contributed by atoms with Gasteiger partial charge in [-0.2, -0.15) is 5.26 Å². The summed E-state index contributed by atoms with van der Waals surface area (Å²) in [5, 5.41) is 10.8. The largest absolute Gasteiger partial charge is 0.356 e. The zero-order chi connectivity index (χ0) is 20.4. The van der Waals surface area contributed by atoms with Gasteiger partial charge in [-0.3, -0.25) is 9.63 Å². The molecule has 2 aliphatic rings. The third kappa shape index (κ3) is 4.16. The number of anilines is 1. The molecule has 7 nitrogen and oxygen atoms in total. The van der Waals surface area contributed by atoms with E-state index in [9.17, 15) is 9.18 Å². The number of nitrogens with zero attached hydrogens (tertiary/aromatic N) is 5. The van der Waals surface area contributed by atoms with Crippen molar-refractivity contribution in [2.45, 2.75) is 25.3 Å². The number of piperidine rings is 1. The van der Waals surface area contributed by atoms with Gasteiger partial charge in [0.15, 0.2) is 0 Å². The van der Waals surface area contributed by atoms with Crippen LogP contribution < -0.4 is 4.90 Å². The molecular weight excluding hydrogens is 397 g/mol. The molecule has 0 aliphatic carbocycles. The SMILES string of the molecule is N#Cc1cc(F)cc(C2CCON2C(=O)C2CCN(c3cc(Cl)ncn3)CC2)c1. The average molecular weight is 416 g/mol. The summed E-state index contributed by atoms with van der Waals surface area (Å²) in [6.07, 6.45) is 3.30. The van der Waals surface area contributed by atoms with E-state index in [4.69, 9.17) is 21.7 Å². The zero-order valence-corrected chi connectivity index (χ0v) is 16.3. The van der Waals surface area contributed by atoms with Gasteiger partial charge in [-0.05, 0) is 36.6 Å². The first-order valence-corrected chi connectivity index (χ1v) is 9.82. The standard InChI is InChI=1S/C20H19ClFN5O2/c21-18-10-19(25-12-24-18)26-4-1-14(2-5-26)20(28)27-17(3-6-29-27)15-7-13(11-23)8-16(22)9-15/h7-10,12,14,17H,1-6H2. The van der Waals surface area contributed by atoms with E-state index in [1.54, 1.807) is 12.1 Å². The second-order valence-corrected chi connectivity index (χ2v) is 7.53. The Bertz CT molecular complexity index is 958. The van der Waals surface area contributed by atoms with E-state index in [2.05, 4.69) is 14.9 Å². The van der Waals surface area contributed by atoms with Crippen molar-refractivity contribution in [3.05, 3.63) is 52.7 Å². The van der Waals surface area contributed by atoms with Gasteiger partial charge < -0.3 is 4.90 Å². The predicted molar refractivity (Wildman–Crippen MR) is 103 cm³/mol. The molecule has 0 spiro atoms. The molecule has 2 fully saturated rings. The molecule has 2 aliphatic heterocycles. The van der Waals surface area contributed by atoms with E-state index in [0.717, 1.165) is 5.82 Å². The number of halogens is 2. The second-order valence-electron chi connectivity index (χ2n) is 7.15. The van der Waals surface area contributed by atoms with Crippen LogP contribution in [0.2, 0.25) is 5.15 Å². The molecule has 1 amide bonds. The molecule has 29 heavy (non-hydrogen) atoms. The first-order valence-electron chi connectivity index (χ1n) is 9.44. The Kier molecular flexibility index (Phi) is 5.60. The summed E-state index contributed by atoms with van der Waals surface area (Å²) in [4.78, 5) is 28.9. The lowest BCUT2D eigenvalue weighted by Gasteiger charge is -2.34. The van der Waals surface area contributed by atoms with Gasteiger partial charge >= 0.3 is 0 Å². The van der Waals surface area contributed by atoms with Crippen LogP contribution >= 0.6 is 11.6 Å². The second kappa shape index (κ2) is 8.31. The number of carbonyl (C=O) groups excluding carboxylic acids is 1. The van der Waals surface area contributed by atoms with Gasteiger partial charge in [0.25, 0.3) is 0 Å². The number of hydroxylamine groups is 2. The smallest absolute Gasteiger partial charge is 0.249 e. The summed E-state index contributed by atoms with van der Waals surface area (Å²) in [5.41, 5.74) is 0.816. The molecule has 1 atom stereocenters. The summed E-state index contributed by atoms with van der Waals surface area (Å²) in [7, 11) is 0. The molecule has 1 unspecified atom stereocenters. The summed E-state index contributed by atoms with van der Waals surface area (Å²) < 4.78 is 13.9. The van der Waals surface area contributed by atoms with E-state index in [-0.39, 0.29) is 23.4 Å². The quantitative estimate of drug-likeness (QED) is 0.715. The fourth-order valence-electron chi connectivity index (χ4n) is 3.89. The molecule has 0 N–H and O–H groups in total. The van der Waals surface area contributed by atoms with Gasteiger partial charge in [0, 0.05) is 31.5 Å². The number of nitriles is 1. The summed E-state index contributed by atoms with van der Waals surface area (Å²) >= 11 is 5.93. The molecule has 0 saturated carbocycles. The number of aromatic nitrogens is 2. The Morgan fingerprint density at radius 1 is 1.21 bits per heavy atom. The Morgan fingerprint density at radius 3 is 2.72 bits per heavy atom. The fraction of sp³-hybridized carbons (Fsp3) is 0.400. The van der Waals surface area contributed by atoms with Crippen molar-refractivity contribution in [2.75, 3.05) is 24.6 Å². The first kappa shape index (κ1) is 19.6. The molecule has 0 bridgehead atoms. The molecule has 1 aromatic heterocycles.